The van der Waals surface area contributed by atoms with Crippen LogP contribution in [0.15, 0.2) is 23.3 Å². The monoisotopic (exact) mass is 390 g/mol. The Morgan fingerprint density at radius 2 is 2.04 bits per heavy atom. The number of ether oxygens (including phenoxy) is 1. The Morgan fingerprint density at radius 1 is 1.29 bits per heavy atom. The van der Waals surface area contributed by atoms with Gasteiger partial charge in [0.15, 0.2) is 5.78 Å². The molecule has 1 aromatic carbocycles. The highest BCUT2D eigenvalue weighted by Gasteiger charge is 2.15. The predicted octanol–water partition coefficient (Wildman–Crippen LogP) is 1.68. The third-order valence-corrected chi connectivity index (χ3v) is 3.95. The molecule has 0 saturated heterocycles. The first-order valence-corrected chi connectivity index (χ1v) is 8.98. The molecule has 0 aromatic heterocycles. The van der Waals surface area contributed by atoms with Gasteiger partial charge in [0.05, 0.1) is 18.2 Å². The number of benzene rings is 1. The molecule has 0 aliphatic rings. The zero-order valence-electron chi connectivity index (χ0n) is 15.9. The molecule has 0 heterocycles. The fraction of sp³-hybridized carbons (Fsp3) is 0.500. The summed E-state index contributed by atoms with van der Waals surface area (Å²) in [5, 5.41) is 6.18. The van der Waals surface area contributed by atoms with Gasteiger partial charge in [-0.2, -0.15) is 0 Å². The number of primary amides is 1. The number of nitrogens with one attached hydrogen (secondary N) is 1. The van der Waals surface area contributed by atoms with E-state index in [1.807, 2.05) is 0 Å². The Balaban J connectivity index is 2.66. The van der Waals surface area contributed by atoms with Gasteiger partial charge >= 0.3 is 0 Å². The maximum atomic E-state index is 12.5. The number of hydrogen-bond donors (Lipinski definition) is 3. The number of carbonyl (C=O) groups is 3. The largest absolute Gasteiger partial charge is 0.493 e. The number of unbranched alkanes of at least 4 members (excludes halogenated alkanes) is 1. The van der Waals surface area contributed by atoms with Gasteiger partial charge in [-0.3, -0.25) is 14.4 Å². The zero-order valence-corrected chi connectivity index (χ0v) is 15.9. The van der Waals surface area contributed by atoms with Crippen molar-refractivity contribution in [3.8, 4) is 5.75 Å². The van der Waals surface area contributed by atoms with Gasteiger partial charge in [0.2, 0.25) is 5.91 Å². The summed E-state index contributed by atoms with van der Waals surface area (Å²) in [5.74, 6) is -0.733. The molecule has 1 atom stereocenters. The summed E-state index contributed by atoms with van der Waals surface area (Å²) in [7, 11) is 0. The van der Waals surface area contributed by atoms with E-state index < -0.39 is 11.9 Å². The van der Waals surface area contributed by atoms with Crippen LogP contribution in [0.25, 0.3) is 10.4 Å². The number of amides is 2. The molecule has 2 amide bonds. The summed E-state index contributed by atoms with van der Waals surface area (Å²) in [6.45, 7) is 2.35. The second kappa shape index (κ2) is 12.3. The summed E-state index contributed by atoms with van der Waals surface area (Å²) < 4.78 is 5.60. The van der Waals surface area contributed by atoms with Crippen molar-refractivity contribution >= 4 is 17.6 Å². The normalized spacial score (nSPS) is 11.2. The van der Waals surface area contributed by atoms with E-state index in [9.17, 15) is 14.4 Å². The lowest BCUT2D eigenvalue weighted by atomic mass is 10.1. The maximum absolute atomic E-state index is 12.5. The number of ketones is 1. The van der Waals surface area contributed by atoms with Gasteiger partial charge in [-0.1, -0.05) is 5.11 Å². The minimum Gasteiger partial charge on any atom is -0.493 e. The number of rotatable bonds is 13. The van der Waals surface area contributed by atoms with Crippen molar-refractivity contribution in [2.45, 2.75) is 38.6 Å². The Labute approximate surface area is 163 Å². The molecule has 152 valence electrons. The Kier molecular flexibility index (Phi) is 10.1. The standard InChI is InChI=1S/C18H26N6O4/c1-12(25)13-6-7-16(28-10-4-9-23-24-21)14(11-13)18(27)22-8-3-2-5-15(19)17(20)26/h6-7,11,15H,2-5,8-10,19H2,1H3,(H2,20,26)(H,22,27)/t15-/m0/s1. The van der Waals surface area contributed by atoms with E-state index in [1.54, 1.807) is 12.1 Å². The average molecular weight is 390 g/mol. The van der Waals surface area contributed by atoms with Crippen molar-refractivity contribution in [1.82, 2.24) is 5.32 Å². The van der Waals surface area contributed by atoms with Gasteiger partial charge in [0.25, 0.3) is 5.91 Å². The third-order valence-electron chi connectivity index (χ3n) is 3.95. The number of Topliss-reactive ketones (excluding diaryl/α,β-unsaturated/α-hetero) is 1. The highest BCUT2D eigenvalue weighted by molar-refractivity contribution is 6.01. The molecule has 0 unspecified atom stereocenters. The van der Waals surface area contributed by atoms with Gasteiger partial charge < -0.3 is 21.5 Å². The van der Waals surface area contributed by atoms with Gasteiger partial charge in [-0.25, -0.2) is 0 Å². The SMILES string of the molecule is CC(=O)c1ccc(OCCCN=[N+]=[N-])c(C(=O)NCCCC[C@H](N)C(N)=O)c1. The smallest absolute Gasteiger partial charge is 0.255 e. The molecule has 0 aliphatic carbocycles. The van der Waals surface area contributed by atoms with Crippen LogP contribution >= 0.6 is 0 Å². The van der Waals surface area contributed by atoms with Crippen LogP contribution in [0.3, 0.4) is 0 Å². The molecular weight excluding hydrogens is 364 g/mol. The molecule has 0 radical (unpaired) electrons. The van der Waals surface area contributed by atoms with Crippen molar-refractivity contribution < 1.29 is 19.1 Å². The van der Waals surface area contributed by atoms with E-state index in [0.717, 1.165) is 0 Å². The number of nitrogens with two attached hydrogens (primary N) is 2. The van der Waals surface area contributed by atoms with Crippen molar-refractivity contribution in [2.24, 2.45) is 16.6 Å². The fourth-order valence-corrected chi connectivity index (χ4v) is 2.34. The van der Waals surface area contributed by atoms with Crippen LogP contribution in [0.1, 0.15) is 53.3 Å². The van der Waals surface area contributed by atoms with E-state index in [0.29, 0.717) is 43.5 Å². The fourth-order valence-electron chi connectivity index (χ4n) is 2.34. The van der Waals surface area contributed by atoms with Crippen molar-refractivity contribution in [2.75, 3.05) is 19.7 Å². The van der Waals surface area contributed by atoms with E-state index in [2.05, 4.69) is 15.3 Å². The van der Waals surface area contributed by atoms with Crippen LogP contribution in [-0.2, 0) is 4.79 Å². The Bertz CT molecular complexity index is 746. The highest BCUT2D eigenvalue weighted by Crippen LogP contribution is 2.21. The van der Waals surface area contributed by atoms with Crippen LogP contribution in [0, 0.1) is 0 Å². The average Bonchev–Trinajstić information content (AvgIpc) is 2.67. The minimum absolute atomic E-state index is 0.163. The summed E-state index contributed by atoms with van der Waals surface area (Å²) >= 11 is 0. The summed E-state index contributed by atoms with van der Waals surface area (Å²) in [4.78, 5) is 37.7. The van der Waals surface area contributed by atoms with Gasteiger partial charge in [0.1, 0.15) is 5.75 Å². The molecule has 0 saturated carbocycles. The van der Waals surface area contributed by atoms with Crippen molar-refractivity contribution in [1.29, 1.82) is 0 Å². The first kappa shape index (κ1) is 22.9. The van der Waals surface area contributed by atoms with Crippen LogP contribution in [0.5, 0.6) is 5.75 Å². The molecule has 0 spiro atoms. The van der Waals surface area contributed by atoms with Gasteiger partial charge in [-0.05, 0) is 56.3 Å². The number of carbonyl (C=O) groups excluding carboxylic acids is 3. The molecule has 28 heavy (non-hydrogen) atoms. The maximum Gasteiger partial charge on any atom is 0.255 e. The lowest BCUT2D eigenvalue weighted by Crippen LogP contribution is -2.36. The molecule has 0 bridgehead atoms. The van der Waals surface area contributed by atoms with E-state index in [1.165, 1.54) is 13.0 Å². The molecule has 10 nitrogen and oxygen atoms in total. The van der Waals surface area contributed by atoms with Crippen LogP contribution in [0.2, 0.25) is 0 Å². The Hall–Kier alpha value is -3.10. The van der Waals surface area contributed by atoms with E-state index in [-0.39, 0.29) is 30.4 Å². The highest BCUT2D eigenvalue weighted by atomic mass is 16.5. The molecular formula is C18H26N6O4. The van der Waals surface area contributed by atoms with Gasteiger partial charge in [-0.15, -0.1) is 0 Å². The number of hydrogen-bond acceptors (Lipinski definition) is 6. The summed E-state index contributed by atoms with van der Waals surface area (Å²) in [6, 6.07) is 3.97. The van der Waals surface area contributed by atoms with E-state index >= 15 is 0 Å². The summed E-state index contributed by atoms with van der Waals surface area (Å²) in [5.41, 5.74) is 19.6. The Morgan fingerprint density at radius 3 is 2.68 bits per heavy atom. The molecule has 0 fully saturated rings. The predicted molar refractivity (Wildman–Crippen MR) is 104 cm³/mol. The van der Waals surface area contributed by atoms with Crippen molar-refractivity contribution in [3.63, 3.8) is 0 Å². The first-order chi connectivity index (χ1) is 13.4. The third kappa shape index (κ3) is 8.07. The van der Waals surface area contributed by atoms with Gasteiger partial charge in [0, 0.05) is 23.6 Å². The molecule has 1 rings (SSSR count). The van der Waals surface area contributed by atoms with Crippen LogP contribution < -0.4 is 21.5 Å². The lowest BCUT2D eigenvalue weighted by molar-refractivity contribution is -0.119. The van der Waals surface area contributed by atoms with Crippen LogP contribution in [-0.4, -0.2) is 43.3 Å². The molecule has 0 aliphatic heterocycles. The lowest BCUT2D eigenvalue weighted by Gasteiger charge is -2.13. The zero-order chi connectivity index (χ0) is 20.9. The minimum atomic E-state index is -0.687. The second-order valence-corrected chi connectivity index (χ2v) is 6.18. The quantitative estimate of drug-likeness (QED) is 0.152. The van der Waals surface area contributed by atoms with Crippen LogP contribution in [0.4, 0.5) is 0 Å². The first-order valence-electron chi connectivity index (χ1n) is 8.98. The molecule has 10 heteroatoms. The van der Waals surface area contributed by atoms with E-state index in [4.69, 9.17) is 21.7 Å². The molecule has 1 aromatic rings. The number of nitrogens with zero attached hydrogens (tertiary/aromatic N) is 3. The summed E-state index contributed by atoms with van der Waals surface area (Å²) in [6.07, 6.45) is 2.21. The molecule has 5 N–H and O–H groups in total. The van der Waals surface area contributed by atoms with Crippen molar-refractivity contribution in [3.05, 3.63) is 39.8 Å². The topological polar surface area (TPSA) is 173 Å². The second-order valence-electron chi connectivity index (χ2n) is 6.18. The number of azide groups is 1.